The van der Waals surface area contributed by atoms with Gasteiger partial charge in [-0.2, -0.15) is 0 Å². The van der Waals surface area contributed by atoms with Crippen LogP contribution in [0, 0.1) is 5.41 Å². The van der Waals surface area contributed by atoms with Crippen LogP contribution >= 0.6 is 31.9 Å². The summed E-state index contributed by atoms with van der Waals surface area (Å²) in [4.78, 5) is 0. The third kappa shape index (κ3) is 2.59. The Morgan fingerprint density at radius 2 is 2.25 bits per heavy atom. The number of alkyl halides is 1. The highest BCUT2D eigenvalue weighted by Crippen LogP contribution is 2.21. The lowest BCUT2D eigenvalue weighted by molar-refractivity contribution is 0.371. The molecule has 0 aromatic heterocycles. The van der Waals surface area contributed by atoms with Crippen molar-refractivity contribution in [3.05, 3.63) is 10.2 Å². The van der Waals surface area contributed by atoms with Gasteiger partial charge >= 0.3 is 0 Å². The van der Waals surface area contributed by atoms with E-state index in [4.69, 9.17) is 5.41 Å². The van der Waals surface area contributed by atoms with Gasteiger partial charge in [-0.05, 0) is 35.2 Å². The molecule has 0 aromatic carbocycles. The first-order valence-corrected chi connectivity index (χ1v) is 5.91. The number of halogens is 2. The summed E-state index contributed by atoms with van der Waals surface area (Å²) >= 11 is 6.75. The maximum atomic E-state index is 7.13. The van der Waals surface area contributed by atoms with E-state index in [0.29, 0.717) is 6.04 Å². The molecule has 0 spiro atoms. The zero-order chi connectivity index (χ0) is 8.97. The van der Waals surface area contributed by atoms with Gasteiger partial charge in [0.1, 0.15) is 0 Å². The van der Waals surface area contributed by atoms with E-state index in [0.717, 1.165) is 15.5 Å². The van der Waals surface area contributed by atoms with E-state index < -0.39 is 0 Å². The maximum Gasteiger partial charge on any atom is 0.0838 e. The Morgan fingerprint density at radius 3 is 2.58 bits per heavy atom. The zero-order valence-electron chi connectivity index (χ0n) is 6.74. The quantitative estimate of drug-likeness (QED) is 0.467. The molecule has 0 bridgehead atoms. The average Bonchev–Trinajstić information content (AvgIpc) is 1.99. The fraction of sp³-hybridized carbons (Fsp3) is 0.625. The zero-order valence-corrected chi connectivity index (χ0v) is 9.91. The Bertz CT molecular complexity index is 197. The SMILES string of the molecule is N=C/C(CBr)=C(/Br)NC1CCC1. The Hall–Kier alpha value is 0.170. The highest BCUT2D eigenvalue weighted by Gasteiger charge is 2.17. The predicted octanol–water partition coefficient (Wildman–Crippen LogP) is 2.78. The van der Waals surface area contributed by atoms with Crippen LogP contribution in [0.25, 0.3) is 0 Å². The monoisotopic (exact) mass is 294 g/mol. The second kappa shape index (κ2) is 5.02. The van der Waals surface area contributed by atoms with Crippen LogP contribution in [-0.2, 0) is 0 Å². The minimum atomic E-state index is 0.619. The van der Waals surface area contributed by atoms with Crippen LogP contribution in [0.3, 0.4) is 0 Å². The Balaban J connectivity index is 2.46. The van der Waals surface area contributed by atoms with Crippen LogP contribution in [0.4, 0.5) is 0 Å². The smallest absolute Gasteiger partial charge is 0.0838 e. The van der Waals surface area contributed by atoms with E-state index >= 15 is 0 Å². The largest absolute Gasteiger partial charge is 0.376 e. The predicted molar refractivity (Wildman–Crippen MR) is 59.3 cm³/mol. The molecule has 1 fully saturated rings. The van der Waals surface area contributed by atoms with Crippen molar-refractivity contribution in [2.24, 2.45) is 0 Å². The van der Waals surface area contributed by atoms with Gasteiger partial charge < -0.3 is 10.7 Å². The summed E-state index contributed by atoms with van der Waals surface area (Å²) in [7, 11) is 0. The topological polar surface area (TPSA) is 35.9 Å². The second-order valence-electron chi connectivity index (χ2n) is 2.89. The molecular formula is C8H12Br2N2. The van der Waals surface area contributed by atoms with Crippen molar-refractivity contribution in [1.82, 2.24) is 5.32 Å². The van der Waals surface area contributed by atoms with Gasteiger partial charge in [-0.25, -0.2) is 0 Å². The highest BCUT2D eigenvalue weighted by molar-refractivity contribution is 9.11. The van der Waals surface area contributed by atoms with Gasteiger partial charge in [0.2, 0.25) is 0 Å². The lowest BCUT2D eigenvalue weighted by Crippen LogP contribution is -2.33. The maximum absolute atomic E-state index is 7.13. The molecular weight excluding hydrogens is 284 g/mol. The van der Waals surface area contributed by atoms with Crippen molar-refractivity contribution >= 4 is 38.1 Å². The van der Waals surface area contributed by atoms with E-state index in [-0.39, 0.29) is 0 Å². The average molecular weight is 296 g/mol. The molecule has 4 heteroatoms. The number of hydrogen-bond acceptors (Lipinski definition) is 2. The first kappa shape index (κ1) is 10.3. The van der Waals surface area contributed by atoms with Gasteiger partial charge in [-0.3, -0.25) is 0 Å². The van der Waals surface area contributed by atoms with E-state index in [1.54, 1.807) is 0 Å². The number of rotatable bonds is 4. The molecule has 0 radical (unpaired) electrons. The normalized spacial score (nSPS) is 19.5. The van der Waals surface area contributed by atoms with Crippen LogP contribution in [-0.4, -0.2) is 17.6 Å². The van der Waals surface area contributed by atoms with Crippen molar-refractivity contribution in [3.63, 3.8) is 0 Å². The van der Waals surface area contributed by atoms with E-state index in [2.05, 4.69) is 37.2 Å². The minimum absolute atomic E-state index is 0.619. The van der Waals surface area contributed by atoms with Crippen LogP contribution in [0.2, 0.25) is 0 Å². The van der Waals surface area contributed by atoms with Crippen LogP contribution < -0.4 is 5.32 Å². The summed E-state index contributed by atoms with van der Waals surface area (Å²) in [5.74, 6) is 0. The summed E-state index contributed by atoms with van der Waals surface area (Å²) in [6.45, 7) is 0. The highest BCUT2D eigenvalue weighted by atomic mass is 79.9. The molecule has 1 aliphatic carbocycles. The number of hydrogen-bond donors (Lipinski definition) is 2. The van der Waals surface area contributed by atoms with Gasteiger partial charge in [-0.1, -0.05) is 15.9 Å². The molecule has 0 unspecified atom stereocenters. The molecule has 0 aliphatic heterocycles. The first-order chi connectivity index (χ1) is 5.77. The first-order valence-electron chi connectivity index (χ1n) is 3.99. The molecule has 2 N–H and O–H groups in total. The molecule has 0 amide bonds. The molecule has 1 saturated carbocycles. The van der Waals surface area contributed by atoms with Gasteiger partial charge in [0.25, 0.3) is 0 Å². The third-order valence-electron chi connectivity index (χ3n) is 2.04. The van der Waals surface area contributed by atoms with Gasteiger partial charge in [-0.15, -0.1) is 0 Å². The van der Waals surface area contributed by atoms with Gasteiger partial charge in [0, 0.05) is 23.2 Å². The van der Waals surface area contributed by atoms with Crippen molar-refractivity contribution in [1.29, 1.82) is 5.41 Å². The Kier molecular flexibility index (Phi) is 4.29. The van der Waals surface area contributed by atoms with E-state index in [9.17, 15) is 0 Å². The molecule has 1 rings (SSSR count). The molecule has 1 aliphatic rings. The fourth-order valence-electron chi connectivity index (χ4n) is 0.985. The molecule has 2 nitrogen and oxygen atoms in total. The van der Waals surface area contributed by atoms with Crippen molar-refractivity contribution in [2.45, 2.75) is 25.3 Å². The lowest BCUT2D eigenvalue weighted by Gasteiger charge is -2.27. The summed E-state index contributed by atoms with van der Waals surface area (Å²) in [6, 6.07) is 0.619. The lowest BCUT2D eigenvalue weighted by atomic mass is 9.93. The molecule has 0 saturated heterocycles. The summed E-state index contributed by atoms with van der Waals surface area (Å²) in [5.41, 5.74) is 0.960. The molecule has 0 aromatic rings. The summed E-state index contributed by atoms with van der Waals surface area (Å²) in [5, 5.41) is 11.2. The van der Waals surface area contributed by atoms with Crippen LogP contribution in [0.15, 0.2) is 10.2 Å². The number of allylic oxidation sites excluding steroid dienone is 1. The van der Waals surface area contributed by atoms with E-state index in [1.807, 2.05) is 0 Å². The number of nitrogens with one attached hydrogen (secondary N) is 2. The molecule has 0 heterocycles. The van der Waals surface area contributed by atoms with Crippen LogP contribution in [0.5, 0.6) is 0 Å². The van der Waals surface area contributed by atoms with Crippen molar-refractivity contribution < 1.29 is 0 Å². The van der Waals surface area contributed by atoms with Crippen molar-refractivity contribution in [2.75, 3.05) is 5.33 Å². The molecule has 0 atom stereocenters. The third-order valence-corrected chi connectivity index (χ3v) is 3.38. The van der Waals surface area contributed by atoms with Crippen molar-refractivity contribution in [3.8, 4) is 0 Å². The molecule has 68 valence electrons. The van der Waals surface area contributed by atoms with E-state index in [1.165, 1.54) is 25.5 Å². The Morgan fingerprint density at radius 1 is 1.58 bits per heavy atom. The second-order valence-corrected chi connectivity index (χ2v) is 4.24. The Labute approximate surface area is 89.6 Å². The summed E-state index contributed by atoms with van der Waals surface area (Å²) in [6.07, 6.45) is 5.20. The standard InChI is InChI=1S/C8H12Br2N2/c9-4-6(5-11)8(10)12-7-2-1-3-7/h5,7,11-12H,1-4H2/b8-6-,11-5?. The van der Waals surface area contributed by atoms with Crippen LogP contribution in [0.1, 0.15) is 19.3 Å². The van der Waals surface area contributed by atoms with Gasteiger partial charge in [0.05, 0.1) is 4.61 Å². The minimum Gasteiger partial charge on any atom is -0.376 e. The fourth-order valence-corrected chi connectivity index (χ4v) is 2.38. The summed E-state index contributed by atoms with van der Waals surface area (Å²) < 4.78 is 0.957. The molecule has 12 heavy (non-hydrogen) atoms. The van der Waals surface area contributed by atoms with Gasteiger partial charge in [0.15, 0.2) is 0 Å².